The smallest absolute Gasteiger partial charge is 0.258 e. The largest absolute Gasteiger partial charge is 0.319 e. The van der Waals surface area contributed by atoms with Gasteiger partial charge in [-0.3, -0.25) is 4.79 Å². The number of aromatic nitrogens is 2. The van der Waals surface area contributed by atoms with Crippen LogP contribution in [-0.2, 0) is 0 Å². The van der Waals surface area contributed by atoms with Gasteiger partial charge in [0.1, 0.15) is 0 Å². The van der Waals surface area contributed by atoms with Gasteiger partial charge in [-0.05, 0) is 24.3 Å². The van der Waals surface area contributed by atoms with Crippen LogP contribution in [0.2, 0.25) is 5.02 Å². The van der Waals surface area contributed by atoms with Crippen molar-refractivity contribution >= 4 is 23.2 Å². The van der Waals surface area contributed by atoms with E-state index in [2.05, 4.69) is 10.4 Å². The van der Waals surface area contributed by atoms with Crippen LogP contribution in [0.15, 0.2) is 60.9 Å². The minimum atomic E-state index is -0.659. The van der Waals surface area contributed by atoms with Crippen LogP contribution in [-0.4, -0.2) is 15.7 Å². The van der Waals surface area contributed by atoms with Crippen molar-refractivity contribution in [3.05, 3.63) is 77.3 Å². The maximum atomic E-state index is 13.8. The van der Waals surface area contributed by atoms with E-state index in [-0.39, 0.29) is 10.7 Å². The van der Waals surface area contributed by atoms with E-state index >= 15 is 0 Å². The molecule has 0 bridgehead atoms. The molecule has 2 aromatic carbocycles. The number of para-hydroxylation sites is 1. The van der Waals surface area contributed by atoms with Gasteiger partial charge < -0.3 is 5.32 Å². The zero-order valence-corrected chi connectivity index (χ0v) is 12.1. The van der Waals surface area contributed by atoms with E-state index in [1.165, 1.54) is 18.3 Å². The van der Waals surface area contributed by atoms with Gasteiger partial charge in [0.15, 0.2) is 5.82 Å². The van der Waals surface area contributed by atoms with Gasteiger partial charge in [0.2, 0.25) is 0 Å². The monoisotopic (exact) mass is 315 g/mol. The summed E-state index contributed by atoms with van der Waals surface area (Å²) in [6.45, 7) is 0. The number of amides is 1. The van der Waals surface area contributed by atoms with Crippen LogP contribution in [0.1, 0.15) is 10.4 Å². The van der Waals surface area contributed by atoms with Gasteiger partial charge in [-0.25, -0.2) is 9.07 Å². The Hall–Kier alpha value is -2.66. The number of rotatable bonds is 3. The van der Waals surface area contributed by atoms with Crippen LogP contribution in [0.3, 0.4) is 0 Å². The lowest BCUT2D eigenvalue weighted by molar-refractivity contribution is 0.102. The Morgan fingerprint density at radius 3 is 2.68 bits per heavy atom. The molecule has 3 aromatic rings. The minimum absolute atomic E-state index is 0.0324. The Morgan fingerprint density at radius 1 is 1.14 bits per heavy atom. The Kier molecular flexibility index (Phi) is 3.89. The normalized spacial score (nSPS) is 10.5. The fourth-order valence-corrected chi connectivity index (χ4v) is 2.13. The molecule has 1 heterocycles. The van der Waals surface area contributed by atoms with Gasteiger partial charge in [-0.2, -0.15) is 5.10 Å². The number of carbonyl (C=O) groups is 1. The van der Waals surface area contributed by atoms with E-state index in [1.54, 1.807) is 16.9 Å². The molecule has 3 rings (SSSR count). The summed E-state index contributed by atoms with van der Waals surface area (Å²) >= 11 is 5.68. The maximum Gasteiger partial charge on any atom is 0.258 e. The molecule has 0 unspecified atom stereocenters. The fourth-order valence-electron chi connectivity index (χ4n) is 1.96. The molecule has 22 heavy (non-hydrogen) atoms. The minimum Gasteiger partial charge on any atom is -0.319 e. The average Bonchev–Trinajstić information content (AvgIpc) is 3.03. The highest BCUT2D eigenvalue weighted by molar-refractivity contribution is 6.31. The second kappa shape index (κ2) is 5.99. The number of nitrogens with one attached hydrogen (secondary N) is 1. The van der Waals surface area contributed by atoms with E-state index in [0.29, 0.717) is 5.56 Å². The first-order chi connectivity index (χ1) is 10.6. The van der Waals surface area contributed by atoms with Crippen molar-refractivity contribution in [2.24, 2.45) is 0 Å². The number of hydrogen-bond donors (Lipinski definition) is 1. The summed E-state index contributed by atoms with van der Waals surface area (Å²) in [6.07, 6.45) is 3.00. The molecule has 6 heteroatoms. The molecular formula is C16H11ClFN3O. The standard InChI is InChI=1S/C16H11ClFN3O/c17-13-7-4-8-14(15(13)18)20-16(22)11-9-19-21(10-11)12-5-2-1-3-6-12/h1-10H,(H,20,22). The lowest BCUT2D eigenvalue weighted by Crippen LogP contribution is -2.12. The summed E-state index contributed by atoms with van der Waals surface area (Å²) in [4.78, 5) is 12.1. The Morgan fingerprint density at radius 2 is 1.91 bits per heavy atom. The van der Waals surface area contributed by atoms with Crippen LogP contribution in [0.4, 0.5) is 10.1 Å². The highest BCUT2D eigenvalue weighted by Crippen LogP contribution is 2.22. The zero-order valence-electron chi connectivity index (χ0n) is 11.3. The number of anilines is 1. The molecule has 1 N–H and O–H groups in total. The van der Waals surface area contributed by atoms with Gasteiger partial charge in [-0.15, -0.1) is 0 Å². The average molecular weight is 316 g/mol. The van der Waals surface area contributed by atoms with Crippen LogP contribution in [0, 0.1) is 5.82 Å². The molecule has 0 fully saturated rings. The maximum absolute atomic E-state index is 13.8. The summed E-state index contributed by atoms with van der Waals surface area (Å²) in [6, 6.07) is 13.8. The number of halogens is 2. The van der Waals surface area contributed by atoms with Gasteiger partial charge in [-0.1, -0.05) is 35.9 Å². The molecule has 0 atom stereocenters. The highest BCUT2D eigenvalue weighted by Gasteiger charge is 2.13. The van der Waals surface area contributed by atoms with Crippen molar-refractivity contribution in [3.8, 4) is 5.69 Å². The number of nitrogens with zero attached hydrogens (tertiary/aromatic N) is 2. The molecule has 1 amide bonds. The first-order valence-corrected chi connectivity index (χ1v) is 6.88. The van der Waals surface area contributed by atoms with E-state index < -0.39 is 11.7 Å². The summed E-state index contributed by atoms with van der Waals surface area (Å²) in [7, 11) is 0. The van der Waals surface area contributed by atoms with Crippen molar-refractivity contribution in [1.82, 2.24) is 9.78 Å². The van der Waals surface area contributed by atoms with E-state index in [4.69, 9.17) is 11.6 Å². The predicted molar refractivity (Wildman–Crippen MR) is 82.9 cm³/mol. The molecule has 0 aliphatic heterocycles. The van der Waals surface area contributed by atoms with Crippen molar-refractivity contribution in [1.29, 1.82) is 0 Å². The summed E-state index contributed by atoms with van der Waals surface area (Å²) in [5.74, 6) is -1.11. The molecule has 110 valence electrons. The third-order valence-corrected chi connectivity index (χ3v) is 3.36. The van der Waals surface area contributed by atoms with Gasteiger partial charge in [0.25, 0.3) is 5.91 Å². The third kappa shape index (κ3) is 2.84. The van der Waals surface area contributed by atoms with Gasteiger partial charge in [0, 0.05) is 6.20 Å². The molecule has 0 aliphatic rings. The molecule has 0 saturated carbocycles. The SMILES string of the molecule is O=C(Nc1cccc(Cl)c1F)c1cnn(-c2ccccc2)c1. The zero-order chi connectivity index (χ0) is 15.5. The highest BCUT2D eigenvalue weighted by atomic mass is 35.5. The second-order valence-corrected chi connectivity index (χ2v) is 4.97. The second-order valence-electron chi connectivity index (χ2n) is 4.56. The predicted octanol–water partition coefficient (Wildman–Crippen LogP) is 3.92. The number of carbonyl (C=O) groups excluding carboxylic acids is 1. The van der Waals surface area contributed by atoms with Crippen molar-refractivity contribution in [2.45, 2.75) is 0 Å². The van der Waals surface area contributed by atoms with Crippen LogP contribution >= 0.6 is 11.6 Å². The number of benzene rings is 2. The Balaban J connectivity index is 1.82. The topological polar surface area (TPSA) is 46.9 Å². The molecule has 1 aromatic heterocycles. The van der Waals surface area contributed by atoms with Crippen LogP contribution in [0.25, 0.3) is 5.69 Å². The van der Waals surface area contributed by atoms with Gasteiger partial charge >= 0.3 is 0 Å². The quantitative estimate of drug-likeness (QED) is 0.796. The first-order valence-electron chi connectivity index (χ1n) is 6.50. The van der Waals surface area contributed by atoms with E-state index in [0.717, 1.165) is 5.69 Å². The number of hydrogen-bond acceptors (Lipinski definition) is 2. The Labute approximate surface area is 131 Å². The molecular weight excluding hydrogens is 305 g/mol. The van der Waals surface area contributed by atoms with Crippen LogP contribution < -0.4 is 5.32 Å². The fraction of sp³-hybridized carbons (Fsp3) is 0. The first kappa shape index (κ1) is 14.3. The van der Waals surface area contributed by atoms with Crippen LogP contribution in [0.5, 0.6) is 0 Å². The van der Waals surface area contributed by atoms with E-state index in [1.807, 2.05) is 30.3 Å². The third-order valence-electron chi connectivity index (χ3n) is 3.07. The lowest BCUT2D eigenvalue weighted by atomic mass is 10.2. The Bertz CT molecular complexity index is 817. The summed E-state index contributed by atoms with van der Waals surface area (Å²) < 4.78 is 15.4. The molecule has 4 nitrogen and oxygen atoms in total. The lowest BCUT2D eigenvalue weighted by Gasteiger charge is -2.05. The summed E-state index contributed by atoms with van der Waals surface area (Å²) in [5.41, 5.74) is 1.18. The summed E-state index contributed by atoms with van der Waals surface area (Å²) in [5, 5.41) is 6.56. The van der Waals surface area contributed by atoms with Crippen molar-refractivity contribution in [3.63, 3.8) is 0 Å². The molecule has 0 aliphatic carbocycles. The molecule has 0 spiro atoms. The van der Waals surface area contributed by atoms with E-state index in [9.17, 15) is 9.18 Å². The van der Waals surface area contributed by atoms with Crippen molar-refractivity contribution < 1.29 is 9.18 Å². The van der Waals surface area contributed by atoms with Gasteiger partial charge in [0.05, 0.1) is 28.2 Å². The molecule has 0 saturated heterocycles. The van der Waals surface area contributed by atoms with Crippen molar-refractivity contribution in [2.75, 3.05) is 5.32 Å². The molecule has 0 radical (unpaired) electrons.